The van der Waals surface area contributed by atoms with Crippen LogP contribution in [0.25, 0.3) is 0 Å². The molecule has 2 rings (SSSR count). The number of benzene rings is 1. The van der Waals surface area contributed by atoms with E-state index < -0.39 is 4.92 Å². The maximum atomic E-state index is 11.5. The fraction of sp³-hybridized carbons (Fsp3) is 0.533. The van der Waals surface area contributed by atoms with Gasteiger partial charge in [-0.15, -0.1) is 0 Å². The van der Waals surface area contributed by atoms with Crippen molar-refractivity contribution >= 4 is 11.6 Å². The van der Waals surface area contributed by atoms with Crippen molar-refractivity contribution in [3.63, 3.8) is 0 Å². The van der Waals surface area contributed by atoms with Crippen LogP contribution in [0.1, 0.15) is 31.2 Å². The van der Waals surface area contributed by atoms with Crippen LogP contribution in [-0.4, -0.2) is 24.0 Å². The molecule has 0 aromatic heterocycles. The molecule has 0 bridgehead atoms. The van der Waals surface area contributed by atoms with Crippen LogP contribution in [0.3, 0.4) is 0 Å². The van der Waals surface area contributed by atoms with Gasteiger partial charge in [0.25, 0.3) is 0 Å². The van der Waals surface area contributed by atoms with Crippen molar-refractivity contribution in [2.24, 2.45) is 11.7 Å². The zero-order valence-electron chi connectivity index (χ0n) is 12.6. The Kier molecular flexibility index (Phi) is 5.32. The zero-order valence-corrected chi connectivity index (χ0v) is 12.6. The summed E-state index contributed by atoms with van der Waals surface area (Å²) in [5.41, 5.74) is 6.16. The Bertz CT molecular complexity index is 562. The van der Waals surface area contributed by atoms with E-state index in [1.165, 1.54) is 13.2 Å². The summed E-state index contributed by atoms with van der Waals surface area (Å²) in [6.45, 7) is 0.458. The van der Waals surface area contributed by atoms with Gasteiger partial charge in [0, 0.05) is 18.7 Å². The molecule has 0 unspecified atom stereocenters. The maximum absolute atomic E-state index is 11.5. The third kappa shape index (κ3) is 3.73. The molecular formula is C15H21N3O4. The Morgan fingerprint density at radius 1 is 1.45 bits per heavy atom. The van der Waals surface area contributed by atoms with Crippen molar-refractivity contribution in [2.75, 3.05) is 7.11 Å². The summed E-state index contributed by atoms with van der Waals surface area (Å²) in [6, 6.07) is 4.89. The number of nitrogens with one attached hydrogen (secondary N) is 1. The van der Waals surface area contributed by atoms with Crippen LogP contribution in [0.15, 0.2) is 18.2 Å². The molecule has 1 saturated carbocycles. The number of nitro benzene ring substituents is 1. The number of carbonyl (C=O) groups is 1. The summed E-state index contributed by atoms with van der Waals surface area (Å²) < 4.78 is 4.98. The van der Waals surface area contributed by atoms with Crippen molar-refractivity contribution in [2.45, 2.75) is 38.3 Å². The molecule has 0 heterocycles. The third-order valence-corrected chi connectivity index (χ3v) is 4.14. The monoisotopic (exact) mass is 307 g/mol. The summed E-state index contributed by atoms with van der Waals surface area (Å²) in [6.07, 6.45) is 3.77. The van der Waals surface area contributed by atoms with Crippen LogP contribution >= 0.6 is 0 Å². The maximum Gasteiger partial charge on any atom is 0.311 e. The first-order chi connectivity index (χ1) is 10.5. The molecule has 22 heavy (non-hydrogen) atoms. The predicted molar refractivity (Wildman–Crippen MR) is 81.4 cm³/mol. The Hall–Kier alpha value is -2.15. The summed E-state index contributed by atoms with van der Waals surface area (Å²) in [4.78, 5) is 22.0. The standard InChI is InChI=1S/C15H21N3O4/c1-22-14-7-6-10(8-13(14)18(20)21)9-17-12-5-3-2-4-11(12)15(16)19/h6-8,11-12,17H,2-5,9H2,1H3,(H2,16,19)/t11-,12+/m1/s1. The smallest absolute Gasteiger partial charge is 0.311 e. The first kappa shape index (κ1) is 16.2. The molecule has 1 aromatic rings. The molecule has 0 aliphatic heterocycles. The number of carbonyl (C=O) groups excluding carboxylic acids is 1. The van der Waals surface area contributed by atoms with E-state index in [0.29, 0.717) is 6.54 Å². The predicted octanol–water partition coefficient (Wildman–Crippen LogP) is 1.74. The number of rotatable bonds is 6. The number of nitrogens with zero attached hydrogens (tertiary/aromatic N) is 1. The molecule has 0 radical (unpaired) electrons. The highest BCUT2D eigenvalue weighted by atomic mass is 16.6. The van der Waals surface area contributed by atoms with E-state index >= 15 is 0 Å². The minimum Gasteiger partial charge on any atom is -0.490 e. The van der Waals surface area contributed by atoms with Crippen LogP contribution in [0.5, 0.6) is 5.75 Å². The van der Waals surface area contributed by atoms with Gasteiger partial charge in [-0.05, 0) is 24.5 Å². The largest absolute Gasteiger partial charge is 0.490 e. The highest BCUT2D eigenvalue weighted by Gasteiger charge is 2.29. The first-order valence-electron chi connectivity index (χ1n) is 7.37. The van der Waals surface area contributed by atoms with Crippen molar-refractivity contribution in [1.29, 1.82) is 0 Å². The lowest BCUT2D eigenvalue weighted by atomic mass is 9.84. The number of nitrogens with two attached hydrogens (primary N) is 1. The highest BCUT2D eigenvalue weighted by molar-refractivity contribution is 5.77. The average molecular weight is 307 g/mol. The van der Waals surface area contributed by atoms with Gasteiger partial charge in [-0.3, -0.25) is 14.9 Å². The SMILES string of the molecule is COc1ccc(CN[C@H]2CCCC[C@H]2C(N)=O)cc1[N+](=O)[O-]. The number of nitro groups is 1. The first-order valence-corrected chi connectivity index (χ1v) is 7.37. The van der Waals surface area contributed by atoms with Gasteiger partial charge in [0.1, 0.15) is 0 Å². The van der Waals surface area contributed by atoms with E-state index in [9.17, 15) is 14.9 Å². The van der Waals surface area contributed by atoms with Crippen molar-refractivity contribution < 1.29 is 14.5 Å². The molecule has 1 aliphatic carbocycles. The van der Waals surface area contributed by atoms with Gasteiger partial charge in [0.15, 0.2) is 5.75 Å². The minimum atomic E-state index is -0.463. The van der Waals surface area contributed by atoms with Crippen LogP contribution in [-0.2, 0) is 11.3 Å². The van der Waals surface area contributed by atoms with E-state index in [4.69, 9.17) is 10.5 Å². The van der Waals surface area contributed by atoms with Gasteiger partial charge in [-0.1, -0.05) is 18.9 Å². The normalized spacial score (nSPS) is 21.3. The van der Waals surface area contributed by atoms with Gasteiger partial charge in [0.2, 0.25) is 5.91 Å². The summed E-state index contributed by atoms with van der Waals surface area (Å²) >= 11 is 0. The van der Waals surface area contributed by atoms with Gasteiger partial charge in [-0.25, -0.2) is 0 Å². The fourth-order valence-electron chi connectivity index (χ4n) is 2.95. The number of primary amides is 1. The summed E-state index contributed by atoms with van der Waals surface area (Å²) in [7, 11) is 1.40. The van der Waals surface area contributed by atoms with Gasteiger partial charge in [-0.2, -0.15) is 0 Å². The molecule has 0 spiro atoms. The summed E-state index contributed by atoms with van der Waals surface area (Å²) in [5, 5.41) is 14.3. The minimum absolute atomic E-state index is 0.0346. The lowest BCUT2D eigenvalue weighted by Gasteiger charge is -2.30. The van der Waals surface area contributed by atoms with Gasteiger partial charge < -0.3 is 15.8 Å². The Morgan fingerprint density at radius 2 is 2.18 bits per heavy atom. The zero-order chi connectivity index (χ0) is 16.1. The second-order valence-corrected chi connectivity index (χ2v) is 5.54. The van der Waals surface area contributed by atoms with E-state index in [1.807, 2.05) is 0 Å². The Labute approximate surface area is 129 Å². The molecule has 7 heteroatoms. The Morgan fingerprint density at radius 3 is 2.82 bits per heavy atom. The molecule has 0 saturated heterocycles. The number of methoxy groups -OCH3 is 1. The van der Waals surface area contributed by atoms with Crippen LogP contribution in [0, 0.1) is 16.0 Å². The van der Waals surface area contributed by atoms with Crippen LogP contribution in [0.2, 0.25) is 0 Å². The van der Waals surface area contributed by atoms with Crippen molar-refractivity contribution in [1.82, 2.24) is 5.32 Å². The fourth-order valence-corrected chi connectivity index (χ4v) is 2.95. The van der Waals surface area contributed by atoms with E-state index in [-0.39, 0.29) is 29.3 Å². The number of amides is 1. The van der Waals surface area contributed by atoms with Crippen LogP contribution < -0.4 is 15.8 Å². The van der Waals surface area contributed by atoms with E-state index in [1.54, 1.807) is 12.1 Å². The number of ether oxygens (including phenoxy) is 1. The molecule has 2 atom stereocenters. The van der Waals surface area contributed by atoms with E-state index in [2.05, 4.69) is 5.32 Å². The quantitative estimate of drug-likeness (QED) is 0.615. The van der Waals surface area contributed by atoms with Gasteiger partial charge >= 0.3 is 5.69 Å². The van der Waals surface area contributed by atoms with E-state index in [0.717, 1.165) is 31.2 Å². The molecule has 3 N–H and O–H groups in total. The lowest BCUT2D eigenvalue weighted by Crippen LogP contribution is -2.44. The lowest BCUT2D eigenvalue weighted by molar-refractivity contribution is -0.385. The second-order valence-electron chi connectivity index (χ2n) is 5.54. The molecule has 1 aliphatic rings. The molecule has 1 fully saturated rings. The second kappa shape index (κ2) is 7.22. The topological polar surface area (TPSA) is 107 Å². The van der Waals surface area contributed by atoms with Crippen molar-refractivity contribution in [3.05, 3.63) is 33.9 Å². The third-order valence-electron chi connectivity index (χ3n) is 4.14. The molecule has 120 valence electrons. The highest BCUT2D eigenvalue weighted by Crippen LogP contribution is 2.28. The molecule has 1 amide bonds. The molecule has 1 aromatic carbocycles. The average Bonchev–Trinajstić information content (AvgIpc) is 2.52. The van der Waals surface area contributed by atoms with Crippen LogP contribution in [0.4, 0.5) is 5.69 Å². The van der Waals surface area contributed by atoms with Crippen molar-refractivity contribution in [3.8, 4) is 5.75 Å². The Balaban J connectivity index is 2.06. The van der Waals surface area contributed by atoms with Gasteiger partial charge in [0.05, 0.1) is 18.0 Å². The number of hydrogen-bond donors (Lipinski definition) is 2. The molecular weight excluding hydrogens is 286 g/mol. The number of hydrogen-bond acceptors (Lipinski definition) is 5. The molecule has 7 nitrogen and oxygen atoms in total. The summed E-state index contributed by atoms with van der Waals surface area (Å²) in [5.74, 6) is -0.207.